The van der Waals surface area contributed by atoms with E-state index in [9.17, 15) is 0 Å². The Morgan fingerprint density at radius 3 is 2.67 bits per heavy atom. The maximum Gasteiger partial charge on any atom is 0.0772 e. The van der Waals surface area contributed by atoms with E-state index in [4.69, 9.17) is 10.5 Å². The van der Waals surface area contributed by atoms with E-state index in [2.05, 4.69) is 5.32 Å². The van der Waals surface area contributed by atoms with Crippen LogP contribution in [0.15, 0.2) is 24.3 Å². The van der Waals surface area contributed by atoms with Crippen LogP contribution < -0.4 is 11.1 Å². The summed E-state index contributed by atoms with van der Waals surface area (Å²) < 4.78 is 5.43. The van der Waals surface area contributed by atoms with Gasteiger partial charge in [0, 0.05) is 18.5 Å². The van der Waals surface area contributed by atoms with E-state index < -0.39 is 0 Å². The molecule has 1 aliphatic rings. The monoisotopic (exact) mass is 206 g/mol. The summed E-state index contributed by atoms with van der Waals surface area (Å²) in [6.45, 7) is 0. The van der Waals surface area contributed by atoms with Gasteiger partial charge in [-0.1, -0.05) is 0 Å². The molecule has 1 fully saturated rings. The fraction of sp³-hybridized carbons (Fsp3) is 0.500. The average Bonchev–Trinajstić information content (AvgIpc) is 2.69. The van der Waals surface area contributed by atoms with Crippen molar-refractivity contribution in [2.75, 3.05) is 18.2 Å². The molecule has 2 atom stereocenters. The fourth-order valence-corrected chi connectivity index (χ4v) is 2.17. The van der Waals surface area contributed by atoms with Gasteiger partial charge in [0.1, 0.15) is 0 Å². The summed E-state index contributed by atoms with van der Waals surface area (Å²) in [5.74, 6) is 0. The summed E-state index contributed by atoms with van der Waals surface area (Å²) in [7, 11) is 1.79. The summed E-state index contributed by atoms with van der Waals surface area (Å²) in [6, 6.07) is 8.30. The fourth-order valence-electron chi connectivity index (χ4n) is 2.17. The number of hydrogen-bond donors (Lipinski definition) is 2. The van der Waals surface area contributed by atoms with Gasteiger partial charge in [-0.15, -0.1) is 0 Å². The van der Waals surface area contributed by atoms with E-state index >= 15 is 0 Å². The Hall–Kier alpha value is -1.22. The van der Waals surface area contributed by atoms with Gasteiger partial charge in [0.05, 0.1) is 12.1 Å². The zero-order valence-electron chi connectivity index (χ0n) is 9.07. The SMILES string of the molecule is COC1CCCC1Nc1ccc(N)cc1. The molecule has 15 heavy (non-hydrogen) atoms. The summed E-state index contributed by atoms with van der Waals surface area (Å²) in [6.07, 6.45) is 3.93. The minimum Gasteiger partial charge on any atom is -0.399 e. The van der Waals surface area contributed by atoms with Crippen LogP contribution in [0.5, 0.6) is 0 Å². The Morgan fingerprint density at radius 1 is 1.27 bits per heavy atom. The van der Waals surface area contributed by atoms with Gasteiger partial charge in [0.15, 0.2) is 0 Å². The van der Waals surface area contributed by atoms with Crippen LogP contribution in [0, 0.1) is 0 Å². The first-order valence-corrected chi connectivity index (χ1v) is 5.44. The van der Waals surface area contributed by atoms with Crippen LogP contribution in [-0.2, 0) is 4.74 Å². The van der Waals surface area contributed by atoms with E-state index in [0.717, 1.165) is 17.8 Å². The van der Waals surface area contributed by atoms with E-state index in [-0.39, 0.29) is 0 Å². The number of anilines is 2. The first kappa shape index (κ1) is 10.3. The Morgan fingerprint density at radius 2 is 2.00 bits per heavy atom. The Balaban J connectivity index is 1.99. The average molecular weight is 206 g/mol. The van der Waals surface area contributed by atoms with E-state index in [1.165, 1.54) is 12.8 Å². The molecular weight excluding hydrogens is 188 g/mol. The molecule has 0 heterocycles. The highest BCUT2D eigenvalue weighted by Crippen LogP contribution is 2.25. The lowest BCUT2D eigenvalue weighted by Gasteiger charge is -2.20. The zero-order valence-corrected chi connectivity index (χ0v) is 9.07. The second-order valence-corrected chi connectivity index (χ2v) is 4.08. The van der Waals surface area contributed by atoms with Crippen molar-refractivity contribution in [2.45, 2.75) is 31.4 Å². The van der Waals surface area contributed by atoms with Crippen molar-refractivity contribution in [2.24, 2.45) is 0 Å². The van der Waals surface area contributed by atoms with Crippen molar-refractivity contribution in [3.8, 4) is 0 Å². The standard InChI is InChI=1S/C12H18N2O/c1-15-12-4-2-3-11(12)14-10-7-5-9(13)6-8-10/h5-8,11-12,14H,2-4,13H2,1H3. The van der Waals surface area contributed by atoms with Crippen molar-refractivity contribution in [3.05, 3.63) is 24.3 Å². The number of nitrogen functional groups attached to an aromatic ring is 1. The third kappa shape index (κ3) is 2.42. The highest BCUT2D eigenvalue weighted by Gasteiger charge is 2.26. The molecule has 1 saturated carbocycles. The smallest absolute Gasteiger partial charge is 0.0772 e. The number of hydrogen-bond acceptors (Lipinski definition) is 3. The van der Waals surface area contributed by atoms with Crippen molar-refractivity contribution in [1.82, 2.24) is 0 Å². The minimum atomic E-state index is 0.350. The van der Waals surface area contributed by atoms with Gasteiger partial charge >= 0.3 is 0 Å². The summed E-state index contributed by atoms with van der Waals surface area (Å²) >= 11 is 0. The van der Waals surface area contributed by atoms with Crippen molar-refractivity contribution < 1.29 is 4.74 Å². The van der Waals surface area contributed by atoms with E-state index in [0.29, 0.717) is 12.1 Å². The molecule has 3 N–H and O–H groups in total. The normalized spacial score (nSPS) is 25.4. The minimum absolute atomic E-state index is 0.350. The molecule has 1 aliphatic carbocycles. The summed E-state index contributed by atoms with van der Waals surface area (Å²) in [4.78, 5) is 0. The quantitative estimate of drug-likeness (QED) is 0.746. The molecule has 0 spiro atoms. The molecule has 2 unspecified atom stereocenters. The lowest BCUT2D eigenvalue weighted by Crippen LogP contribution is -2.29. The van der Waals surface area contributed by atoms with E-state index in [1.54, 1.807) is 7.11 Å². The molecular formula is C12H18N2O. The maximum atomic E-state index is 5.64. The van der Waals surface area contributed by atoms with Crippen LogP contribution in [0.2, 0.25) is 0 Å². The highest BCUT2D eigenvalue weighted by molar-refractivity contribution is 5.51. The largest absolute Gasteiger partial charge is 0.399 e. The molecule has 3 heteroatoms. The number of rotatable bonds is 3. The van der Waals surface area contributed by atoms with Crippen LogP contribution in [-0.4, -0.2) is 19.3 Å². The van der Waals surface area contributed by atoms with Gasteiger partial charge < -0.3 is 15.8 Å². The van der Waals surface area contributed by atoms with Crippen LogP contribution in [0.25, 0.3) is 0 Å². The Bertz CT molecular complexity index is 310. The Labute approximate surface area is 90.6 Å². The van der Waals surface area contributed by atoms with Gasteiger partial charge in [0.25, 0.3) is 0 Å². The molecule has 0 bridgehead atoms. The third-order valence-electron chi connectivity index (χ3n) is 3.02. The van der Waals surface area contributed by atoms with Crippen molar-refractivity contribution in [3.63, 3.8) is 0 Å². The number of ether oxygens (including phenoxy) is 1. The topological polar surface area (TPSA) is 47.3 Å². The molecule has 3 nitrogen and oxygen atoms in total. The van der Waals surface area contributed by atoms with Crippen molar-refractivity contribution >= 4 is 11.4 Å². The van der Waals surface area contributed by atoms with Gasteiger partial charge in [-0.3, -0.25) is 0 Å². The Kier molecular flexibility index (Phi) is 3.11. The predicted molar refractivity (Wildman–Crippen MR) is 62.9 cm³/mol. The first-order valence-electron chi connectivity index (χ1n) is 5.44. The van der Waals surface area contributed by atoms with Gasteiger partial charge in [-0.25, -0.2) is 0 Å². The van der Waals surface area contributed by atoms with Crippen LogP contribution in [0.1, 0.15) is 19.3 Å². The lowest BCUT2D eigenvalue weighted by molar-refractivity contribution is 0.101. The predicted octanol–water partition coefficient (Wildman–Crippen LogP) is 2.25. The number of benzene rings is 1. The van der Waals surface area contributed by atoms with Gasteiger partial charge in [-0.05, 0) is 43.5 Å². The van der Waals surface area contributed by atoms with Gasteiger partial charge in [0.2, 0.25) is 0 Å². The number of nitrogens with two attached hydrogens (primary N) is 1. The molecule has 0 radical (unpaired) electrons. The highest BCUT2D eigenvalue weighted by atomic mass is 16.5. The summed E-state index contributed by atoms with van der Waals surface area (Å²) in [5.41, 5.74) is 7.56. The second kappa shape index (κ2) is 4.53. The number of methoxy groups -OCH3 is 1. The molecule has 0 saturated heterocycles. The van der Waals surface area contributed by atoms with E-state index in [1.807, 2.05) is 24.3 Å². The molecule has 0 aliphatic heterocycles. The molecule has 1 aromatic rings. The summed E-state index contributed by atoms with van der Waals surface area (Å²) in [5, 5.41) is 3.49. The van der Waals surface area contributed by atoms with Crippen LogP contribution in [0.3, 0.4) is 0 Å². The van der Waals surface area contributed by atoms with Crippen LogP contribution in [0.4, 0.5) is 11.4 Å². The first-order chi connectivity index (χ1) is 7.29. The maximum absolute atomic E-state index is 5.64. The van der Waals surface area contributed by atoms with Gasteiger partial charge in [-0.2, -0.15) is 0 Å². The van der Waals surface area contributed by atoms with Crippen LogP contribution >= 0.6 is 0 Å². The molecule has 82 valence electrons. The molecule has 0 amide bonds. The third-order valence-corrected chi connectivity index (χ3v) is 3.02. The molecule has 0 aromatic heterocycles. The molecule has 1 aromatic carbocycles. The zero-order chi connectivity index (χ0) is 10.7. The number of nitrogens with one attached hydrogen (secondary N) is 1. The molecule has 2 rings (SSSR count). The second-order valence-electron chi connectivity index (χ2n) is 4.08. The lowest BCUT2D eigenvalue weighted by atomic mass is 10.2. The van der Waals surface area contributed by atoms with Crippen molar-refractivity contribution in [1.29, 1.82) is 0 Å².